The van der Waals surface area contributed by atoms with E-state index in [1.165, 1.54) is 44.9 Å². The zero-order valence-electron chi connectivity index (χ0n) is 11.7. The molecule has 0 aliphatic rings. The van der Waals surface area contributed by atoms with E-state index in [-0.39, 0.29) is 0 Å². The van der Waals surface area contributed by atoms with Gasteiger partial charge in [0.1, 0.15) is 5.78 Å². The third kappa shape index (κ3) is 13.6. The van der Waals surface area contributed by atoms with E-state index in [9.17, 15) is 4.79 Å². The van der Waals surface area contributed by atoms with Gasteiger partial charge in [0.15, 0.2) is 0 Å². The van der Waals surface area contributed by atoms with Crippen LogP contribution in [0, 0.1) is 0 Å². The summed E-state index contributed by atoms with van der Waals surface area (Å²) in [6.45, 7) is 3.01. The maximum Gasteiger partial charge on any atom is 0.132 e. The van der Waals surface area contributed by atoms with E-state index >= 15 is 0 Å². The Bertz CT molecular complexity index is 168. The lowest BCUT2D eigenvalue weighted by Gasteiger charge is -2.02. The predicted molar refractivity (Wildman–Crippen MR) is 75.1 cm³/mol. The van der Waals surface area contributed by atoms with Crippen LogP contribution in [0.25, 0.3) is 0 Å². The van der Waals surface area contributed by atoms with E-state index in [2.05, 4.69) is 6.92 Å². The van der Waals surface area contributed by atoms with Crippen molar-refractivity contribution in [1.82, 2.24) is 0 Å². The van der Waals surface area contributed by atoms with Crippen LogP contribution in [0.1, 0.15) is 84.0 Å². The molecule has 0 aromatic carbocycles. The summed E-state index contributed by atoms with van der Waals surface area (Å²) >= 11 is 0. The van der Waals surface area contributed by atoms with Crippen molar-refractivity contribution in [3.63, 3.8) is 0 Å². The molecule has 0 fully saturated rings. The van der Waals surface area contributed by atoms with Gasteiger partial charge < -0.3 is 5.73 Å². The Kier molecular flexibility index (Phi) is 13.4. The van der Waals surface area contributed by atoms with Crippen LogP contribution in [0.15, 0.2) is 0 Å². The van der Waals surface area contributed by atoms with Gasteiger partial charge in [-0.25, -0.2) is 0 Å². The van der Waals surface area contributed by atoms with E-state index in [0.29, 0.717) is 5.78 Å². The molecule has 2 heteroatoms. The molecular formula is C15H31NO. The molecule has 0 aromatic heterocycles. The van der Waals surface area contributed by atoms with Crippen LogP contribution in [0.2, 0.25) is 0 Å². The molecule has 0 amide bonds. The van der Waals surface area contributed by atoms with Gasteiger partial charge in [0.2, 0.25) is 0 Å². The molecule has 0 aromatic rings. The molecule has 0 saturated carbocycles. The first kappa shape index (κ1) is 16.6. The number of hydrogen-bond donors (Lipinski definition) is 1. The number of hydrogen-bond acceptors (Lipinski definition) is 2. The summed E-state index contributed by atoms with van der Waals surface area (Å²) in [4.78, 5) is 11.5. The third-order valence-corrected chi connectivity index (χ3v) is 3.22. The second-order valence-corrected chi connectivity index (χ2v) is 5.01. The average Bonchev–Trinajstić information content (AvgIpc) is 2.33. The highest BCUT2D eigenvalue weighted by Crippen LogP contribution is 2.10. The van der Waals surface area contributed by atoms with Gasteiger partial charge in [-0.2, -0.15) is 0 Å². The van der Waals surface area contributed by atoms with Crippen molar-refractivity contribution in [2.24, 2.45) is 5.73 Å². The minimum Gasteiger partial charge on any atom is -0.330 e. The molecule has 2 N–H and O–H groups in total. The van der Waals surface area contributed by atoms with Crippen molar-refractivity contribution in [2.45, 2.75) is 84.0 Å². The second kappa shape index (κ2) is 13.7. The smallest absolute Gasteiger partial charge is 0.132 e. The van der Waals surface area contributed by atoms with Crippen LogP contribution in [-0.4, -0.2) is 12.3 Å². The lowest BCUT2D eigenvalue weighted by Crippen LogP contribution is -1.99. The highest BCUT2D eigenvalue weighted by Gasteiger charge is 2.01. The molecule has 0 spiro atoms. The van der Waals surface area contributed by atoms with Crippen LogP contribution in [-0.2, 0) is 4.79 Å². The zero-order chi connectivity index (χ0) is 12.8. The van der Waals surface area contributed by atoms with Gasteiger partial charge in [0.25, 0.3) is 0 Å². The van der Waals surface area contributed by atoms with Crippen molar-refractivity contribution in [1.29, 1.82) is 0 Å². The lowest BCUT2D eigenvalue weighted by molar-refractivity contribution is -0.119. The Morgan fingerprint density at radius 3 is 1.76 bits per heavy atom. The summed E-state index contributed by atoms with van der Waals surface area (Å²) in [6.07, 6.45) is 13.7. The zero-order valence-corrected chi connectivity index (χ0v) is 11.7. The number of Topliss-reactive ketones (excluding diaryl/α,β-unsaturated/α-hetero) is 1. The van der Waals surface area contributed by atoms with E-state index in [4.69, 9.17) is 5.73 Å². The first-order chi connectivity index (χ1) is 8.31. The molecule has 0 bridgehead atoms. The third-order valence-electron chi connectivity index (χ3n) is 3.22. The highest BCUT2D eigenvalue weighted by molar-refractivity contribution is 5.78. The Labute approximate surface area is 107 Å². The van der Waals surface area contributed by atoms with Crippen LogP contribution in [0.5, 0.6) is 0 Å². The maximum atomic E-state index is 11.5. The molecule has 0 aliphatic carbocycles. The first-order valence-corrected chi connectivity index (χ1v) is 7.53. The normalized spacial score (nSPS) is 10.7. The van der Waals surface area contributed by atoms with Crippen LogP contribution in [0.3, 0.4) is 0 Å². The standard InChI is InChI=1S/C15H31NO/c1-2-3-4-5-6-9-12-15(17)13-10-7-8-11-14-16/h2-14,16H2,1H3. The largest absolute Gasteiger partial charge is 0.330 e. The molecule has 17 heavy (non-hydrogen) atoms. The average molecular weight is 241 g/mol. The molecule has 0 atom stereocenters. The molecule has 0 radical (unpaired) electrons. The van der Waals surface area contributed by atoms with E-state index in [1.807, 2.05) is 0 Å². The van der Waals surface area contributed by atoms with Crippen LogP contribution in [0.4, 0.5) is 0 Å². The molecule has 0 aliphatic heterocycles. The van der Waals surface area contributed by atoms with E-state index in [0.717, 1.165) is 38.6 Å². The number of carbonyl (C=O) groups is 1. The highest BCUT2D eigenvalue weighted by atomic mass is 16.1. The fourth-order valence-corrected chi connectivity index (χ4v) is 2.05. The molecule has 0 unspecified atom stereocenters. The quantitative estimate of drug-likeness (QED) is 0.491. The van der Waals surface area contributed by atoms with Crippen molar-refractivity contribution >= 4 is 5.78 Å². The fraction of sp³-hybridized carbons (Fsp3) is 0.933. The predicted octanol–water partition coefficient (Wildman–Crippen LogP) is 4.22. The molecule has 0 rings (SSSR count). The lowest BCUT2D eigenvalue weighted by atomic mass is 10.0. The second-order valence-electron chi connectivity index (χ2n) is 5.01. The van der Waals surface area contributed by atoms with Crippen molar-refractivity contribution < 1.29 is 4.79 Å². The minimum absolute atomic E-state index is 0.466. The summed E-state index contributed by atoms with van der Waals surface area (Å²) in [6, 6.07) is 0. The molecule has 102 valence electrons. The van der Waals surface area contributed by atoms with Crippen molar-refractivity contribution in [2.75, 3.05) is 6.54 Å². The van der Waals surface area contributed by atoms with Crippen LogP contribution < -0.4 is 5.73 Å². The number of unbranched alkanes of at least 4 members (excludes halogenated alkanes) is 8. The number of ketones is 1. The minimum atomic E-state index is 0.466. The van der Waals surface area contributed by atoms with Gasteiger partial charge in [-0.05, 0) is 25.8 Å². The van der Waals surface area contributed by atoms with Crippen LogP contribution >= 0.6 is 0 Å². The monoisotopic (exact) mass is 241 g/mol. The maximum absolute atomic E-state index is 11.5. The first-order valence-electron chi connectivity index (χ1n) is 7.53. The summed E-state index contributed by atoms with van der Waals surface area (Å²) in [5.74, 6) is 0.466. The van der Waals surface area contributed by atoms with Crippen molar-refractivity contribution in [3.8, 4) is 0 Å². The van der Waals surface area contributed by atoms with Gasteiger partial charge in [-0.15, -0.1) is 0 Å². The van der Waals surface area contributed by atoms with E-state index in [1.54, 1.807) is 0 Å². The fourth-order valence-electron chi connectivity index (χ4n) is 2.05. The Balaban J connectivity index is 3.12. The Hall–Kier alpha value is -0.370. The molecule has 0 saturated heterocycles. The summed E-state index contributed by atoms with van der Waals surface area (Å²) in [5, 5.41) is 0. The van der Waals surface area contributed by atoms with Gasteiger partial charge in [0.05, 0.1) is 0 Å². The van der Waals surface area contributed by atoms with Crippen molar-refractivity contribution in [3.05, 3.63) is 0 Å². The summed E-state index contributed by atoms with van der Waals surface area (Å²) in [7, 11) is 0. The number of rotatable bonds is 13. The summed E-state index contributed by atoms with van der Waals surface area (Å²) in [5.41, 5.74) is 5.42. The summed E-state index contributed by atoms with van der Waals surface area (Å²) < 4.78 is 0. The van der Waals surface area contributed by atoms with Gasteiger partial charge in [-0.1, -0.05) is 51.9 Å². The number of carbonyl (C=O) groups excluding carboxylic acids is 1. The topological polar surface area (TPSA) is 43.1 Å². The SMILES string of the molecule is CCCCCCCCC(=O)CCCCCCN. The van der Waals surface area contributed by atoms with Gasteiger partial charge in [-0.3, -0.25) is 4.79 Å². The van der Waals surface area contributed by atoms with Gasteiger partial charge in [0, 0.05) is 12.8 Å². The molecule has 0 heterocycles. The molecular weight excluding hydrogens is 210 g/mol. The van der Waals surface area contributed by atoms with E-state index < -0.39 is 0 Å². The Morgan fingerprint density at radius 2 is 1.24 bits per heavy atom. The number of nitrogens with two attached hydrogens (primary N) is 1. The Morgan fingerprint density at radius 1 is 0.765 bits per heavy atom. The molecule has 2 nitrogen and oxygen atoms in total. The van der Waals surface area contributed by atoms with Gasteiger partial charge >= 0.3 is 0 Å².